The summed E-state index contributed by atoms with van der Waals surface area (Å²) in [6.07, 6.45) is 3.38. The first-order valence-electron chi connectivity index (χ1n) is 8.60. The number of carbonyl (C=O) groups excluding carboxylic acids is 1. The average Bonchev–Trinajstić information content (AvgIpc) is 3.06. The van der Waals surface area contributed by atoms with E-state index in [-0.39, 0.29) is 17.9 Å². The fourth-order valence-electron chi connectivity index (χ4n) is 2.52. The highest BCUT2D eigenvalue weighted by molar-refractivity contribution is 5.91. The summed E-state index contributed by atoms with van der Waals surface area (Å²) in [5, 5.41) is 14.4. The molecule has 134 valence electrons. The van der Waals surface area contributed by atoms with Gasteiger partial charge >= 0.3 is 5.97 Å². The van der Waals surface area contributed by atoms with Crippen LogP contribution in [0.15, 0.2) is 36.7 Å². The van der Waals surface area contributed by atoms with Crippen LogP contribution in [-0.4, -0.2) is 27.3 Å². The van der Waals surface area contributed by atoms with Gasteiger partial charge in [-0.3, -0.25) is 9.67 Å². The molecule has 0 aliphatic heterocycles. The molecule has 6 nitrogen and oxygen atoms in total. The van der Waals surface area contributed by atoms with Gasteiger partial charge < -0.3 is 4.74 Å². The maximum atomic E-state index is 11.9. The number of nitrogens with zero attached hydrogens (tertiary/aromatic N) is 4. The molecule has 26 heavy (non-hydrogen) atoms. The van der Waals surface area contributed by atoms with Crippen LogP contribution in [-0.2, 0) is 11.3 Å². The predicted octanol–water partition coefficient (Wildman–Crippen LogP) is 3.86. The summed E-state index contributed by atoms with van der Waals surface area (Å²) in [4.78, 5) is 16.2. The first kappa shape index (κ1) is 19.1. The molecule has 0 unspecified atom stereocenters. The molecule has 3 rings (SSSR count). The molecule has 0 saturated heterocycles. The van der Waals surface area contributed by atoms with Crippen molar-refractivity contribution in [3.8, 4) is 6.07 Å². The van der Waals surface area contributed by atoms with Gasteiger partial charge in [-0.15, -0.1) is 0 Å². The van der Waals surface area contributed by atoms with Crippen molar-refractivity contribution in [2.24, 2.45) is 0 Å². The summed E-state index contributed by atoms with van der Waals surface area (Å²) in [6, 6.07) is 9.95. The molecule has 2 aromatic heterocycles. The summed E-state index contributed by atoms with van der Waals surface area (Å²) < 4.78 is 6.53. The van der Waals surface area contributed by atoms with Crippen molar-refractivity contribution in [2.45, 2.75) is 34.2 Å². The molecule has 1 aromatic carbocycles. The second-order valence-corrected chi connectivity index (χ2v) is 5.46. The summed E-state index contributed by atoms with van der Waals surface area (Å²) in [5.74, 6) is -0.529. The van der Waals surface area contributed by atoms with Crippen LogP contribution < -0.4 is 0 Å². The summed E-state index contributed by atoms with van der Waals surface area (Å²) in [6.45, 7) is 8.43. The molecule has 6 heteroatoms. The number of carbonyl (C=O) groups is 1. The second-order valence-electron chi connectivity index (χ2n) is 5.46. The Morgan fingerprint density at radius 2 is 2.08 bits per heavy atom. The molecule has 0 fully saturated rings. The quantitative estimate of drug-likeness (QED) is 0.667. The van der Waals surface area contributed by atoms with Crippen molar-refractivity contribution in [3.05, 3.63) is 59.0 Å². The Bertz CT molecular complexity index is 954. The number of esters is 1. The molecular weight excluding hydrogens is 328 g/mol. The molecule has 0 bridgehead atoms. The van der Waals surface area contributed by atoms with Crippen LogP contribution in [0.1, 0.15) is 48.0 Å². The minimum Gasteiger partial charge on any atom is -0.462 e. The predicted molar refractivity (Wildman–Crippen MR) is 99.8 cm³/mol. The van der Waals surface area contributed by atoms with Crippen LogP contribution in [0.5, 0.6) is 0 Å². The van der Waals surface area contributed by atoms with Gasteiger partial charge in [0.1, 0.15) is 11.6 Å². The lowest BCUT2D eigenvalue weighted by molar-refractivity contribution is 0.0526. The van der Waals surface area contributed by atoms with E-state index >= 15 is 0 Å². The van der Waals surface area contributed by atoms with E-state index in [9.17, 15) is 4.79 Å². The van der Waals surface area contributed by atoms with E-state index in [2.05, 4.69) is 16.1 Å². The first-order chi connectivity index (χ1) is 12.6. The van der Waals surface area contributed by atoms with Crippen LogP contribution >= 0.6 is 0 Å². The maximum Gasteiger partial charge on any atom is 0.342 e. The molecule has 0 atom stereocenters. The van der Waals surface area contributed by atoms with Gasteiger partial charge in [-0.1, -0.05) is 19.9 Å². The Balaban J connectivity index is 0.00000117. The maximum absolute atomic E-state index is 11.9. The number of aryl methyl sites for hydroxylation is 1. The molecule has 0 amide bonds. The summed E-state index contributed by atoms with van der Waals surface area (Å²) in [5.41, 5.74) is 3.30. The lowest BCUT2D eigenvalue weighted by Crippen LogP contribution is -2.05. The van der Waals surface area contributed by atoms with E-state index in [1.807, 2.05) is 51.2 Å². The molecule has 0 radical (unpaired) electrons. The van der Waals surface area contributed by atoms with Gasteiger partial charge in [0, 0.05) is 17.8 Å². The number of ether oxygens (including phenoxy) is 1. The number of pyridine rings is 1. The average molecular weight is 350 g/mol. The fraction of sp³-hybridized carbons (Fsp3) is 0.300. The molecule has 0 spiro atoms. The minimum absolute atomic E-state index is 0.0757. The zero-order valence-corrected chi connectivity index (χ0v) is 15.5. The highest BCUT2D eigenvalue weighted by atomic mass is 16.5. The van der Waals surface area contributed by atoms with Gasteiger partial charge in [-0.05, 0) is 43.2 Å². The summed E-state index contributed by atoms with van der Waals surface area (Å²) >= 11 is 0. The SMILES string of the molecule is CC.CCOC(=O)c1cn(Cc2ccc3ncc(C)cc3c2)nc1C#N. The summed E-state index contributed by atoms with van der Waals surface area (Å²) in [7, 11) is 0. The van der Waals surface area contributed by atoms with E-state index in [1.54, 1.807) is 17.8 Å². The number of fused-ring (bicyclic) bond motifs is 1. The number of nitriles is 1. The Morgan fingerprint density at radius 3 is 2.77 bits per heavy atom. The van der Waals surface area contributed by atoms with E-state index < -0.39 is 5.97 Å². The number of hydrogen-bond acceptors (Lipinski definition) is 5. The molecule has 0 aliphatic carbocycles. The number of aromatic nitrogens is 3. The third-order valence-electron chi connectivity index (χ3n) is 3.59. The first-order valence-corrected chi connectivity index (χ1v) is 8.60. The topological polar surface area (TPSA) is 80.8 Å². The Morgan fingerprint density at radius 1 is 1.31 bits per heavy atom. The van der Waals surface area contributed by atoms with Crippen molar-refractivity contribution in [3.63, 3.8) is 0 Å². The molecular formula is C20H22N4O2. The van der Waals surface area contributed by atoms with Crippen LogP contribution in [0, 0.1) is 18.3 Å². The largest absolute Gasteiger partial charge is 0.462 e. The Labute approximate surface area is 153 Å². The lowest BCUT2D eigenvalue weighted by Gasteiger charge is -2.04. The van der Waals surface area contributed by atoms with Crippen molar-refractivity contribution >= 4 is 16.9 Å². The van der Waals surface area contributed by atoms with Gasteiger partial charge in [-0.2, -0.15) is 10.4 Å². The molecule has 0 N–H and O–H groups in total. The second kappa shape index (κ2) is 8.77. The smallest absolute Gasteiger partial charge is 0.342 e. The van der Waals surface area contributed by atoms with Gasteiger partial charge in [-0.25, -0.2) is 4.79 Å². The zero-order chi connectivity index (χ0) is 19.1. The molecule has 0 saturated carbocycles. The third kappa shape index (κ3) is 4.25. The molecule has 3 aromatic rings. The lowest BCUT2D eigenvalue weighted by atomic mass is 10.1. The van der Waals surface area contributed by atoms with Gasteiger partial charge in [0.05, 0.1) is 18.7 Å². The Hall–Kier alpha value is -3.20. The zero-order valence-electron chi connectivity index (χ0n) is 15.5. The van der Waals surface area contributed by atoms with Gasteiger partial charge in [0.15, 0.2) is 5.69 Å². The van der Waals surface area contributed by atoms with Crippen LogP contribution in [0.25, 0.3) is 10.9 Å². The molecule has 2 heterocycles. The van der Waals surface area contributed by atoms with E-state index in [1.165, 1.54) is 0 Å². The third-order valence-corrected chi connectivity index (χ3v) is 3.59. The van der Waals surface area contributed by atoms with E-state index in [0.29, 0.717) is 6.54 Å². The fourth-order valence-corrected chi connectivity index (χ4v) is 2.52. The normalized spacial score (nSPS) is 9.96. The van der Waals surface area contributed by atoms with Crippen LogP contribution in [0.4, 0.5) is 0 Å². The van der Waals surface area contributed by atoms with Gasteiger partial charge in [0.2, 0.25) is 0 Å². The monoisotopic (exact) mass is 350 g/mol. The van der Waals surface area contributed by atoms with Crippen molar-refractivity contribution < 1.29 is 9.53 Å². The highest BCUT2D eigenvalue weighted by Crippen LogP contribution is 2.17. The Kier molecular flexibility index (Phi) is 6.45. The molecule has 0 aliphatic rings. The van der Waals surface area contributed by atoms with E-state index in [0.717, 1.165) is 22.0 Å². The van der Waals surface area contributed by atoms with Crippen molar-refractivity contribution in [2.75, 3.05) is 6.61 Å². The standard InChI is InChI=1S/C18H16N4O2.C2H6/c1-3-24-18(23)15-11-22(21-17(15)8-19)10-13-4-5-16-14(7-13)6-12(2)9-20-16;1-2/h4-7,9,11H,3,10H2,1-2H3;1-2H3. The minimum atomic E-state index is -0.529. The number of rotatable bonds is 4. The van der Waals surface area contributed by atoms with Crippen LogP contribution in [0.3, 0.4) is 0 Å². The van der Waals surface area contributed by atoms with Crippen LogP contribution in [0.2, 0.25) is 0 Å². The number of benzene rings is 1. The van der Waals surface area contributed by atoms with Crippen molar-refractivity contribution in [1.29, 1.82) is 5.26 Å². The highest BCUT2D eigenvalue weighted by Gasteiger charge is 2.17. The van der Waals surface area contributed by atoms with Crippen molar-refractivity contribution in [1.82, 2.24) is 14.8 Å². The number of hydrogen-bond donors (Lipinski definition) is 0. The van der Waals surface area contributed by atoms with Gasteiger partial charge in [0.25, 0.3) is 0 Å². The van der Waals surface area contributed by atoms with E-state index in [4.69, 9.17) is 10.00 Å².